The average molecular weight is 400 g/mol. The first-order valence-corrected chi connectivity index (χ1v) is 10.4. The Balaban J connectivity index is 1.77. The minimum absolute atomic E-state index is 0.0957. The average Bonchev–Trinajstić information content (AvgIpc) is 3.18. The van der Waals surface area contributed by atoms with Crippen LogP contribution in [0.1, 0.15) is 18.1 Å². The predicted octanol–water partition coefficient (Wildman–Crippen LogP) is 3.78. The number of aromatic amines is 2. The summed E-state index contributed by atoms with van der Waals surface area (Å²) in [6, 6.07) is 9.75. The number of hydrogen-bond acceptors (Lipinski definition) is 3. The first-order chi connectivity index (χ1) is 13.2. The van der Waals surface area contributed by atoms with E-state index in [0.717, 1.165) is 32.9 Å². The van der Waals surface area contributed by atoms with E-state index in [9.17, 15) is 24.6 Å². The summed E-state index contributed by atoms with van der Waals surface area (Å²) in [7, 11) is -4.50. The Morgan fingerprint density at radius 1 is 0.857 bits per heavy atom. The highest BCUT2D eigenvalue weighted by Gasteiger charge is 2.43. The Labute approximate surface area is 160 Å². The molecule has 2 aromatic carbocycles. The van der Waals surface area contributed by atoms with Gasteiger partial charge in [-0.1, -0.05) is 0 Å². The fraction of sp³-hybridized carbons (Fsp3) is 0.200. The normalized spacial score (nSPS) is 12.8. The Morgan fingerprint density at radius 3 is 1.68 bits per heavy atom. The largest absolute Gasteiger partial charge is 0.508 e. The van der Waals surface area contributed by atoms with E-state index >= 15 is 0 Å². The molecule has 0 amide bonds. The van der Waals surface area contributed by atoms with Crippen LogP contribution < -0.4 is 0 Å². The molecule has 0 aliphatic heterocycles. The summed E-state index contributed by atoms with van der Waals surface area (Å²) in [6.07, 6.45) is 3.68. The molecular weight excluding hydrogens is 379 g/mol. The van der Waals surface area contributed by atoms with Crippen LogP contribution in [-0.2, 0) is 17.4 Å². The summed E-state index contributed by atoms with van der Waals surface area (Å²) in [5, 5.41) is 19.7. The Morgan fingerprint density at radius 2 is 1.29 bits per heavy atom. The van der Waals surface area contributed by atoms with Crippen LogP contribution in [0.4, 0.5) is 0 Å². The monoisotopic (exact) mass is 400 g/mol. The van der Waals surface area contributed by atoms with E-state index in [4.69, 9.17) is 0 Å². The zero-order chi connectivity index (χ0) is 20.1. The van der Waals surface area contributed by atoms with Crippen LogP contribution in [0.15, 0.2) is 48.8 Å². The molecule has 4 aromatic rings. The number of hydrogen-bond donors (Lipinski definition) is 6. The van der Waals surface area contributed by atoms with Crippen LogP contribution in [0.5, 0.6) is 11.5 Å². The van der Waals surface area contributed by atoms with E-state index in [-0.39, 0.29) is 24.3 Å². The lowest BCUT2D eigenvalue weighted by Crippen LogP contribution is -2.30. The van der Waals surface area contributed by atoms with Gasteiger partial charge in [0.2, 0.25) is 0 Å². The second kappa shape index (κ2) is 6.41. The number of nitrogens with one attached hydrogen (secondary N) is 2. The lowest BCUT2D eigenvalue weighted by Gasteiger charge is -2.30. The first kappa shape index (κ1) is 18.6. The summed E-state index contributed by atoms with van der Waals surface area (Å²) in [5.74, 6) is 0.191. The lowest BCUT2D eigenvalue weighted by atomic mass is 9.92. The molecule has 7 nitrogen and oxygen atoms in total. The number of phenolic OH excluding ortho intramolecular Hbond substituents is 2. The molecule has 2 aromatic heterocycles. The van der Waals surface area contributed by atoms with E-state index in [1.54, 1.807) is 55.7 Å². The zero-order valence-corrected chi connectivity index (χ0v) is 16.1. The fourth-order valence-corrected chi connectivity index (χ4v) is 4.47. The van der Waals surface area contributed by atoms with Gasteiger partial charge in [0.1, 0.15) is 11.5 Å². The van der Waals surface area contributed by atoms with Gasteiger partial charge in [0, 0.05) is 34.2 Å². The summed E-state index contributed by atoms with van der Waals surface area (Å²) < 4.78 is 12.5. The maximum absolute atomic E-state index is 12.5. The van der Waals surface area contributed by atoms with E-state index in [0.29, 0.717) is 0 Å². The van der Waals surface area contributed by atoms with Crippen LogP contribution in [0.3, 0.4) is 0 Å². The molecule has 0 saturated heterocycles. The highest BCUT2D eigenvalue weighted by Crippen LogP contribution is 2.54. The topological polar surface area (TPSA) is 130 Å². The molecule has 0 bridgehead atoms. The Hall–Kier alpha value is -2.73. The van der Waals surface area contributed by atoms with Gasteiger partial charge in [-0.2, -0.15) is 0 Å². The van der Waals surface area contributed by atoms with Crippen molar-refractivity contribution < 1.29 is 24.6 Å². The third-order valence-corrected chi connectivity index (χ3v) is 7.07. The van der Waals surface area contributed by atoms with Crippen molar-refractivity contribution in [1.82, 2.24) is 9.97 Å². The molecular formula is C20H21N2O5P. The van der Waals surface area contributed by atoms with Gasteiger partial charge in [-0.05, 0) is 67.3 Å². The molecule has 0 fully saturated rings. The van der Waals surface area contributed by atoms with Gasteiger partial charge in [0.05, 0.1) is 5.16 Å². The number of rotatable bonds is 5. The highest BCUT2D eigenvalue weighted by atomic mass is 31.2. The SMILES string of the molecule is CC(Cc1c[nH]c2ccc(O)cc12)(Cc1c[nH]c2ccc(O)cc12)P(=O)(O)O. The zero-order valence-electron chi connectivity index (χ0n) is 15.2. The number of aromatic nitrogens is 2. The van der Waals surface area contributed by atoms with E-state index in [2.05, 4.69) is 9.97 Å². The number of H-pyrrole nitrogens is 2. The van der Waals surface area contributed by atoms with Crippen molar-refractivity contribution in [3.63, 3.8) is 0 Å². The molecule has 8 heteroatoms. The summed E-state index contributed by atoms with van der Waals surface area (Å²) >= 11 is 0. The third kappa shape index (κ3) is 3.18. The van der Waals surface area contributed by atoms with Crippen molar-refractivity contribution >= 4 is 29.4 Å². The van der Waals surface area contributed by atoms with Crippen LogP contribution in [0, 0.1) is 0 Å². The van der Waals surface area contributed by atoms with Gasteiger partial charge in [-0.3, -0.25) is 4.57 Å². The molecule has 0 radical (unpaired) electrons. The van der Waals surface area contributed by atoms with Crippen LogP contribution >= 0.6 is 7.60 Å². The summed E-state index contributed by atoms with van der Waals surface area (Å²) in [5.41, 5.74) is 3.02. The van der Waals surface area contributed by atoms with E-state index in [1.807, 2.05) is 0 Å². The fourth-order valence-electron chi connectivity index (χ4n) is 3.71. The molecule has 28 heavy (non-hydrogen) atoms. The maximum atomic E-state index is 12.5. The molecule has 146 valence electrons. The molecule has 0 aliphatic rings. The second-order valence-electron chi connectivity index (χ2n) is 7.48. The van der Waals surface area contributed by atoms with Crippen molar-refractivity contribution in [3.8, 4) is 11.5 Å². The molecule has 2 heterocycles. The molecule has 0 saturated carbocycles. The molecule has 0 aliphatic carbocycles. The third-order valence-electron chi connectivity index (χ3n) is 5.35. The number of phenols is 2. The number of fused-ring (bicyclic) bond motifs is 2. The lowest BCUT2D eigenvalue weighted by molar-refractivity contribution is 0.327. The van der Waals surface area contributed by atoms with Crippen LogP contribution in [-0.4, -0.2) is 35.1 Å². The quantitative estimate of drug-likeness (QED) is 0.284. The maximum Gasteiger partial charge on any atom is 0.332 e. The van der Waals surface area contributed by atoms with Gasteiger partial charge in [0.15, 0.2) is 0 Å². The van der Waals surface area contributed by atoms with E-state index in [1.165, 1.54) is 0 Å². The van der Waals surface area contributed by atoms with Crippen LogP contribution in [0.2, 0.25) is 0 Å². The molecule has 4 rings (SSSR count). The van der Waals surface area contributed by atoms with E-state index < -0.39 is 12.8 Å². The number of benzene rings is 2. The van der Waals surface area contributed by atoms with Gasteiger partial charge in [0.25, 0.3) is 0 Å². The molecule has 0 atom stereocenters. The summed E-state index contributed by atoms with van der Waals surface area (Å²) in [6.45, 7) is 1.57. The highest BCUT2D eigenvalue weighted by molar-refractivity contribution is 7.53. The van der Waals surface area contributed by atoms with Gasteiger partial charge in [-0.25, -0.2) is 0 Å². The van der Waals surface area contributed by atoms with Crippen molar-refractivity contribution in [2.75, 3.05) is 0 Å². The number of aromatic hydroxyl groups is 2. The van der Waals surface area contributed by atoms with Gasteiger partial charge >= 0.3 is 7.60 Å². The van der Waals surface area contributed by atoms with Crippen LogP contribution in [0.25, 0.3) is 21.8 Å². The predicted molar refractivity (Wildman–Crippen MR) is 108 cm³/mol. The Bertz CT molecular complexity index is 1140. The molecule has 6 N–H and O–H groups in total. The molecule has 0 spiro atoms. The van der Waals surface area contributed by atoms with Crippen molar-refractivity contribution in [3.05, 3.63) is 59.9 Å². The second-order valence-corrected chi connectivity index (χ2v) is 9.65. The smallest absolute Gasteiger partial charge is 0.332 e. The first-order valence-electron chi connectivity index (χ1n) is 8.80. The standard InChI is InChI=1S/C20H21N2O5P/c1-20(28(25,26)27,8-12-10-21-18-4-2-14(23)6-16(12)18)9-13-11-22-19-5-3-15(24)7-17(13)19/h2-7,10-11,21-24H,8-9H2,1H3,(H2,25,26,27). The minimum Gasteiger partial charge on any atom is -0.508 e. The van der Waals surface area contributed by atoms with Crippen molar-refractivity contribution in [1.29, 1.82) is 0 Å². The summed E-state index contributed by atoms with van der Waals surface area (Å²) in [4.78, 5) is 26.5. The van der Waals surface area contributed by atoms with Gasteiger partial charge in [-0.15, -0.1) is 0 Å². The van der Waals surface area contributed by atoms with Crippen molar-refractivity contribution in [2.45, 2.75) is 24.9 Å². The van der Waals surface area contributed by atoms with Gasteiger partial charge < -0.3 is 30.0 Å². The Kier molecular flexibility index (Phi) is 4.27. The molecule has 0 unspecified atom stereocenters. The van der Waals surface area contributed by atoms with Crippen molar-refractivity contribution in [2.24, 2.45) is 0 Å². The minimum atomic E-state index is -4.50.